The molecule has 4 aromatic rings. The highest BCUT2D eigenvalue weighted by Gasteiger charge is 2.08. The molecule has 0 spiro atoms. The number of hydrogen-bond acceptors (Lipinski definition) is 5. The van der Waals surface area contributed by atoms with Crippen LogP contribution in [0, 0.1) is 6.92 Å². The normalized spacial score (nSPS) is 10.8. The van der Waals surface area contributed by atoms with E-state index in [1.165, 1.54) is 11.3 Å². The van der Waals surface area contributed by atoms with Crippen LogP contribution in [0.15, 0.2) is 53.9 Å². The Labute approximate surface area is 147 Å². The molecule has 0 bridgehead atoms. The van der Waals surface area contributed by atoms with E-state index in [-0.39, 0.29) is 6.03 Å². The zero-order valence-electron chi connectivity index (χ0n) is 13.3. The van der Waals surface area contributed by atoms with E-state index in [1.807, 2.05) is 60.8 Å². The number of anilines is 2. The maximum Gasteiger partial charge on any atom is 0.324 e. The van der Waals surface area contributed by atoms with E-state index < -0.39 is 0 Å². The largest absolute Gasteiger partial charge is 0.324 e. The number of fused-ring (bicyclic) bond motifs is 1. The predicted octanol–water partition coefficient (Wildman–Crippen LogP) is 3.81. The van der Waals surface area contributed by atoms with Gasteiger partial charge in [0.15, 0.2) is 11.5 Å². The van der Waals surface area contributed by atoms with Crippen LogP contribution in [0.25, 0.3) is 16.9 Å². The molecule has 2 N–H and O–H groups in total. The highest BCUT2D eigenvalue weighted by Crippen LogP contribution is 2.22. The summed E-state index contributed by atoms with van der Waals surface area (Å²) >= 11 is 1.47. The van der Waals surface area contributed by atoms with Crippen molar-refractivity contribution in [3.05, 3.63) is 59.7 Å². The number of rotatable bonds is 3. The molecule has 0 saturated heterocycles. The van der Waals surface area contributed by atoms with Crippen LogP contribution in [-0.4, -0.2) is 25.8 Å². The number of carbonyl (C=O) groups excluding carboxylic acids is 1. The second-order valence-corrected chi connectivity index (χ2v) is 6.32. The van der Waals surface area contributed by atoms with Crippen molar-refractivity contribution in [2.45, 2.75) is 6.92 Å². The minimum absolute atomic E-state index is 0.280. The molecule has 25 heavy (non-hydrogen) atoms. The van der Waals surface area contributed by atoms with Crippen LogP contribution in [0.5, 0.6) is 0 Å². The number of thiophene rings is 1. The van der Waals surface area contributed by atoms with Gasteiger partial charge >= 0.3 is 6.03 Å². The zero-order chi connectivity index (χ0) is 17.2. The summed E-state index contributed by atoms with van der Waals surface area (Å²) in [5.74, 6) is 0.724. The van der Waals surface area contributed by atoms with Gasteiger partial charge in [-0.05, 0) is 48.7 Å². The maximum atomic E-state index is 12.1. The fourth-order valence-electron chi connectivity index (χ4n) is 2.43. The minimum Gasteiger partial charge on any atom is -0.308 e. The Bertz CT molecular complexity index is 1040. The molecule has 4 rings (SSSR count). The lowest BCUT2D eigenvalue weighted by Gasteiger charge is -2.08. The first-order chi connectivity index (χ1) is 12.2. The van der Waals surface area contributed by atoms with E-state index >= 15 is 0 Å². The summed E-state index contributed by atoms with van der Waals surface area (Å²) in [7, 11) is 0. The van der Waals surface area contributed by atoms with E-state index in [2.05, 4.69) is 25.9 Å². The van der Waals surface area contributed by atoms with Crippen molar-refractivity contribution >= 4 is 33.7 Å². The van der Waals surface area contributed by atoms with Crippen molar-refractivity contribution in [3.8, 4) is 11.3 Å². The number of nitrogens with one attached hydrogen (secondary N) is 2. The first-order valence-corrected chi connectivity index (χ1v) is 8.48. The molecule has 124 valence electrons. The Morgan fingerprint density at radius 3 is 2.84 bits per heavy atom. The lowest BCUT2D eigenvalue weighted by atomic mass is 10.1. The molecule has 7 nitrogen and oxygen atoms in total. The van der Waals surface area contributed by atoms with Crippen LogP contribution in [0.3, 0.4) is 0 Å². The van der Waals surface area contributed by atoms with Gasteiger partial charge in [0.25, 0.3) is 0 Å². The molecular formula is C17H14N6OS. The zero-order valence-corrected chi connectivity index (χ0v) is 14.1. The summed E-state index contributed by atoms with van der Waals surface area (Å²) in [6, 6.07) is 14.7. The second kappa shape index (κ2) is 6.33. The SMILES string of the molecule is Cc1nnc2ccc(-c3cccc(NC(=O)Nc4cccs4)c3)nn12. The van der Waals surface area contributed by atoms with Crippen molar-refractivity contribution in [1.82, 2.24) is 19.8 Å². The molecular weight excluding hydrogens is 336 g/mol. The fourth-order valence-corrected chi connectivity index (χ4v) is 3.04. The molecule has 0 aliphatic rings. The summed E-state index contributed by atoms with van der Waals surface area (Å²) in [5.41, 5.74) is 3.06. The topological polar surface area (TPSA) is 84.2 Å². The second-order valence-electron chi connectivity index (χ2n) is 5.37. The molecule has 0 saturated carbocycles. The first-order valence-electron chi connectivity index (χ1n) is 7.60. The quantitative estimate of drug-likeness (QED) is 0.588. The minimum atomic E-state index is -0.280. The van der Waals surface area contributed by atoms with Gasteiger partial charge < -0.3 is 5.32 Å². The van der Waals surface area contributed by atoms with Gasteiger partial charge in [0.05, 0.1) is 10.7 Å². The van der Waals surface area contributed by atoms with Crippen LogP contribution in [-0.2, 0) is 0 Å². The number of aryl methyl sites for hydroxylation is 1. The van der Waals surface area contributed by atoms with Crippen molar-refractivity contribution in [2.24, 2.45) is 0 Å². The number of amides is 2. The monoisotopic (exact) mass is 350 g/mol. The number of carbonyl (C=O) groups is 1. The van der Waals surface area contributed by atoms with Gasteiger partial charge in [-0.25, -0.2) is 4.79 Å². The predicted molar refractivity (Wildman–Crippen MR) is 97.9 cm³/mol. The Hall–Kier alpha value is -3.26. The first kappa shape index (κ1) is 15.3. The number of aromatic nitrogens is 4. The summed E-state index contributed by atoms with van der Waals surface area (Å²) in [4.78, 5) is 12.1. The summed E-state index contributed by atoms with van der Waals surface area (Å²) in [5, 5.41) is 20.9. The fraction of sp³-hybridized carbons (Fsp3) is 0.0588. The van der Waals surface area contributed by atoms with E-state index in [9.17, 15) is 4.79 Å². The Morgan fingerprint density at radius 1 is 1.08 bits per heavy atom. The van der Waals surface area contributed by atoms with Gasteiger partial charge in [0.2, 0.25) is 0 Å². The molecule has 0 fully saturated rings. The molecule has 0 aliphatic heterocycles. The Kier molecular flexibility index (Phi) is 3.87. The van der Waals surface area contributed by atoms with Gasteiger partial charge in [0, 0.05) is 11.3 Å². The lowest BCUT2D eigenvalue weighted by molar-refractivity contribution is 0.262. The van der Waals surface area contributed by atoms with E-state index in [4.69, 9.17) is 0 Å². The average Bonchev–Trinajstić information content (AvgIpc) is 3.25. The van der Waals surface area contributed by atoms with E-state index in [0.29, 0.717) is 11.3 Å². The number of benzene rings is 1. The highest BCUT2D eigenvalue weighted by molar-refractivity contribution is 7.14. The Morgan fingerprint density at radius 2 is 2.00 bits per heavy atom. The van der Waals surface area contributed by atoms with Crippen LogP contribution in [0.2, 0.25) is 0 Å². The third-order valence-corrected chi connectivity index (χ3v) is 4.38. The maximum absolute atomic E-state index is 12.1. The van der Waals surface area contributed by atoms with Crippen LogP contribution in [0.1, 0.15) is 5.82 Å². The van der Waals surface area contributed by atoms with Crippen molar-refractivity contribution < 1.29 is 4.79 Å². The summed E-state index contributed by atoms with van der Waals surface area (Å²) < 4.78 is 1.69. The standard InChI is InChI=1S/C17H14N6OS/c1-11-20-21-15-8-7-14(22-23(11)15)12-4-2-5-13(10-12)18-17(24)19-16-6-3-9-25-16/h2-10H,1H3,(H2,18,19,24). The number of nitrogens with zero attached hydrogens (tertiary/aromatic N) is 4. The summed E-state index contributed by atoms with van der Waals surface area (Å²) in [6.07, 6.45) is 0. The van der Waals surface area contributed by atoms with Gasteiger partial charge in [0.1, 0.15) is 0 Å². The molecule has 2 amide bonds. The number of urea groups is 1. The molecule has 0 aliphatic carbocycles. The smallest absolute Gasteiger partial charge is 0.308 e. The van der Waals surface area contributed by atoms with Crippen molar-refractivity contribution in [1.29, 1.82) is 0 Å². The lowest BCUT2D eigenvalue weighted by Crippen LogP contribution is -2.18. The van der Waals surface area contributed by atoms with Gasteiger partial charge in [-0.1, -0.05) is 12.1 Å². The van der Waals surface area contributed by atoms with E-state index in [1.54, 1.807) is 4.52 Å². The third kappa shape index (κ3) is 3.20. The van der Waals surface area contributed by atoms with Crippen LogP contribution >= 0.6 is 11.3 Å². The highest BCUT2D eigenvalue weighted by atomic mass is 32.1. The van der Waals surface area contributed by atoms with E-state index in [0.717, 1.165) is 22.1 Å². The number of hydrogen-bond donors (Lipinski definition) is 2. The molecule has 1 aromatic carbocycles. The Balaban J connectivity index is 1.57. The van der Waals surface area contributed by atoms with Gasteiger partial charge in [-0.2, -0.15) is 9.61 Å². The van der Waals surface area contributed by atoms with Crippen molar-refractivity contribution in [3.63, 3.8) is 0 Å². The molecule has 8 heteroatoms. The molecule has 0 unspecified atom stereocenters. The molecule has 0 radical (unpaired) electrons. The van der Waals surface area contributed by atoms with Crippen LogP contribution in [0.4, 0.5) is 15.5 Å². The third-order valence-electron chi connectivity index (χ3n) is 3.59. The van der Waals surface area contributed by atoms with Gasteiger partial charge in [-0.3, -0.25) is 5.32 Å². The van der Waals surface area contributed by atoms with Crippen LogP contribution < -0.4 is 10.6 Å². The molecule has 3 aromatic heterocycles. The molecule has 0 atom stereocenters. The van der Waals surface area contributed by atoms with Crippen molar-refractivity contribution in [2.75, 3.05) is 10.6 Å². The van der Waals surface area contributed by atoms with Gasteiger partial charge in [-0.15, -0.1) is 21.5 Å². The summed E-state index contributed by atoms with van der Waals surface area (Å²) in [6.45, 7) is 1.85. The average molecular weight is 350 g/mol. The molecule has 3 heterocycles.